The van der Waals surface area contributed by atoms with Crippen molar-refractivity contribution in [3.8, 4) is 0 Å². The van der Waals surface area contributed by atoms with Crippen LogP contribution in [-0.2, 0) is 16.1 Å². The third-order valence-corrected chi connectivity index (χ3v) is 5.56. The van der Waals surface area contributed by atoms with Crippen molar-refractivity contribution in [1.29, 1.82) is 5.41 Å². The predicted octanol–water partition coefficient (Wildman–Crippen LogP) is 0.899. The number of aromatic nitrogens is 2. The van der Waals surface area contributed by atoms with Crippen LogP contribution in [0.3, 0.4) is 0 Å². The van der Waals surface area contributed by atoms with Crippen molar-refractivity contribution in [3.63, 3.8) is 0 Å². The van der Waals surface area contributed by atoms with Gasteiger partial charge >= 0.3 is 6.09 Å². The van der Waals surface area contributed by atoms with E-state index in [4.69, 9.17) is 20.6 Å². The topological polar surface area (TPSA) is 133 Å². The maximum atomic E-state index is 15.0. The molecule has 2 saturated heterocycles. The van der Waals surface area contributed by atoms with Crippen LogP contribution in [0, 0.1) is 11.2 Å². The Morgan fingerprint density at radius 1 is 1.09 bits per heavy atom. The number of rotatable bonds is 5. The molecule has 2 aliphatic heterocycles. The summed E-state index contributed by atoms with van der Waals surface area (Å²) in [6.07, 6.45) is 2.76. The van der Waals surface area contributed by atoms with E-state index in [1.165, 1.54) is 0 Å². The highest BCUT2D eigenvalue weighted by Gasteiger charge is 2.22. The Morgan fingerprint density at radius 3 is 2.42 bits per heavy atom. The van der Waals surface area contributed by atoms with E-state index in [2.05, 4.69) is 19.8 Å². The van der Waals surface area contributed by atoms with Gasteiger partial charge in [-0.25, -0.2) is 19.2 Å². The average molecular weight is 458 g/mol. The van der Waals surface area contributed by atoms with Crippen molar-refractivity contribution >= 4 is 29.4 Å². The van der Waals surface area contributed by atoms with Gasteiger partial charge in [0, 0.05) is 44.8 Å². The number of hydrogen-bond acceptors (Lipinski definition) is 9. The van der Waals surface area contributed by atoms with Crippen LogP contribution in [0.5, 0.6) is 0 Å². The second kappa shape index (κ2) is 10.3. The summed E-state index contributed by atoms with van der Waals surface area (Å²) in [6, 6.07) is 5.00. The van der Waals surface area contributed by atoms with Gasteiger partial charge in [0.25, 0.3) is 0 Å². The number of anilines is 3. The number of nitrogens with zero attached hydrogens (tertiary/aromatic N) is 5. The minimum absolute atomic E-state index is 0.251. The molecule has 0 radical (unpaired) electrons. The van der Waals surface area contributed by atoms with Crippen molar-refractivity contribution in [1.82, 2.24) is 15.3 Å². The fraction of sp³-hybridized carbons (Fsp3) is 0.429. The number of benzene rings is 1. The lowest BCUT2D eigenvalue weighted by Gasteiger charge is -2.37. The van der Waals surface area contributed by atoms with Crippen LogP contribution in [0.1, 0.15) is 5.56 Å². The molecule has 0 spiro atoms. The number of hydrogen-bond donors (Lipinski definition) is 3. The first kappa shape index (κ1) is 22.5. The lowest BCUT2D eigenvalue weighted by Crippen LogP contribution is -2.47. The molecule has 2 fully saturated rings. The van der Waals surface area contributed by atoms with Gasteiger partial charge in [-0.15, -0.1) is 0 Å². The van der Waals surface area contributed by atoms with E-state index in [0.717, 1.165) is 18.8 Å². The van der Waals surface area contributed by atoms with Gasteiger partial charge < -0.3 is 29.9 Å². The first-order valence-corrected chi connectivity index (χ1v) is 10.7. The first-order valence-electron chi connectivity index (χ1n) is 10.7. The van der Waals surface area contributed by atoms with Crippen molar-refractivity contribution in [2.45, 2.75) is 6.61 Å². The Balaban J connectivity index is 1.34. The molecule has 12 heteroatoms. The molecule has 2 aliphatic rings. The van der Waals surface area contributed by atoms with Crippen molar-refractivity contribution < 1.29 is 18.7 Å². The number of morpholine rings is 1. The summed E-state index contributed by atoms with van der Waals surface area (Å²) in [7, 11) is 0. The van der Waals surface area contributed by atoms with Gasteiger partial charge in [-0.2, -0.15) is 0 Å². The Morgan fingerprint density at radius 2 is 1.76 bits per heavy atom. The van der Waals surface area contributed by atoms with Gasteiger partial charge in [-0.05, 0) is 6.07 Å². The molecule has 4 rings (SSSR count). The first-order chi connectivity index (χ1) is 16.0. The number of piperazine rings is 1. The Labute approximate surface area is 190 Å². The number of halogens is 1. The lowest BCUT2D eigenvalue weighted by atomic mass is 10.1. The summed E-state index contributed by atoms with van der Waals surface area (Å²) >= 11 is 0. The second-order valence-corrected chi connectivity index (χ2v) is 7.68. The molecule has 33 heavy (non-hydrogen) atoms. The van der Waals surface area contributed by atoms with E-state index in [1.54, 1.807) is 18.2 Å². The van der Waals surface area contributed by atoms with Gasteiger partial charge in [0.05, 0.1) is 37.0 Å². The molecule has 0 unspecified atom stereocenters. The predicted molar refractivity (Wildman–Crippen MR) is 121 cm³/mol. The highest BCUT2D eigenvalue weighted by atomic mass is 19.1. The minimum Gasteiger partial charge on any atom is -0.444 e. The average Bonchev–Trinajstić information content (AvgIpc) is 2.84. The molecule has 4 N–H and O–H groups in total. The Hall–Kier alpha value is -3.67. The molecule has 176 valence electrons. The van der Waals surface area contributed by atoms with Crippen molar-refractivity contribution in [3.05, 3.63) is 42.0 Å². The number of carbonyl (C=O) groups excluding carboxylic acids is 1. The monoisotopic (exact) mass is 458 g/mol. The zero-order valence-corrected chi connectivity index (χ0v) is 18.2. The Bertz CT molecular complexity index is 976. The fourth-order valence-electron chi connectivity index (χ4n) is 3.82. The fourth-order valence-corrected chi connectivity index (χ4v) is 3.82. The van der Waals surface area contributed by atoms with E-state index < -0.39 is 17.9 Å². The number of carbonyl (C=O) groups is 1. The second-order valence-electron chi connectivity index (χ2n) is 7.68. The summed E-state index contributed by atoms with van der Waals surface area (Å²) in [5.41, 5.74) is 6.73. The van der Waals surface area contributed by atoms with Crippen LogP contribution in [0.4, 0.5) is 26.5 Å². The Kier molecular flexibility index (Phi) is 7.03. The third-order valence-electron chi connectivity index (χ3n) is 5.56. The maximum absolute atomic E-state index is 15.0. The van der Waals surface area contributed by atoms with E-state index in [0.29, 0.717) is 51.0 Å². The molecular formula is C21H27FN8O3. The number of ether oxygens (including phenoxy) is 2. The summed E-state index contributed by atoms with van der Waals surface area (Å²) in [5, 5.41) is 9.02. The maximum Gasteiger partial charge on any atom is 0.414 e. The van der Waals surface area contributed by atoms with Gasteiger partial charge in [-0.3, -0.25) is 10.7 Å². The number of nitrogens with two attached hydrogens (primary N) is 1. The van der Waals surface area contributed by atoms with Crippen molar-refractivity contribution in [2.24, 2.45) is 5.73 Å². The normalized spacial score (nSPS) is 16.5. The van der Waals surface area contributed by atoms with Gasteiger partial charge in [-0.1, -0.05) is 12.1 Å². The molecule has 0 atom stereocenters. The number of guanidine groups is 1. The quantitative estimate of drug-likeness (QED) is 0.441. The largest absolute Gasteiger partial charge is 0.444 e. The summed E-state index contributed by atoms with van der Waals surface area (Å²) < 4.78 is 25.3. The summed E-state index contributed by atoms with van der Waals surface area (Å²) in [4.78, 5) is 26.8. The molecular weight excluding hydrogens is 431 g/mol. The van der Waals surface area contributed by atoms with Crippen LogP contribution in [0.25, 0.3) is 0 Å². The zero-order chi connectivity index (χ0) is 23.2. The number of nitrogens with one attached hydrogen (secondary N) is 2. The van der Waals surface area contributed by atoms with Crippen molar-refractivity contribution in [2.75, 3.05) is 67.2 Å². The van der Waals surface area contributed by atoms with Crippen LogP contribution in [-0.4, -0.2) is 74.5 Å². The minimum atomic E-state index is -0.900. The molecule has 0 bridgehead atoms. The summed E-state index contributed by atoms with van der Waals surface area (Å²) in [5.74, 6) is -0.258. The molecule has 11 nitrogen and oxygen atoms in total. The van der Waals surface area contributed by atoms with E-state index in [9.17, 15) is 4.79 Å². The third kappa shape index (κ3) is 5.58. The highest BCUT2D eigenvalue weighted by Crippen LogP contribution is 2.25. The molecule has 1 aromatic carbocycles. The van der Waals surface area contributed by atoms with Gasteiger partial charge in [0.1, 0.15) is 6.61 Å². The van der Waals surface area contributed by atoms with Crippen LogP contribution < -0.4 is 25.8 Å². The highest BCUT2D eigenvalue weighted by molar-refractivity contribution is 5.90. The molecule has 1 amide bonds. The van der Waals surface area contributed by atoms with E-state index in [-0.39, 0.29) is 12.2 Å². The van der Waals surface area contributed by atoms with Crippen LogP contribution in [0.15, 0.2) is 30.6 Å². The molecule has 0 saturated carbocycles. The standard InChI is InChI=1S/C21H27FN8O3/c22-18-15(14-33-21(31)27-19(23)24)2-1-3-17(18)29-6-4-28(5-7-29)16-12-25-20(26-13-16)30-8-10-32-11-9-30/h1-3,12-13H,4-11,14H2,(H4,23,24,27,31). The van der Waals surface area contributed by atoms with Gasteiger partial charge in [0.15, 0.2) is 11.8 Å². The van der Waals surface area contributed by atoms with Crippen LogP contribution >= 0.6 is 0 Å². The zero-order valence-electron chi connectivity index (χ0n) is 18.2. The van der Waals surface area contributed by atoms with Gasteiger partial charge in [0.2, 0.25) is 5.95 Å². The summed E-state index contributed by atoms with van der Waals surface area (Å²) in [6.45, 7) is 5.32. The van der Waals surface area contributed by atoms with E-state index >= 15 is 4.39 Å². The molecule has 1 aromatic heterocycles. The molecule has 3 heterocycles. The van der Waals surface area contributed by atoms with Crippen LogP contribution in [0.2, 0.25) is 0 Å². The smallest absolute Gasteiger partial charge is 0.414 e. The SMILES string of the molecule is N=C(N)NC(=O)OCc1cccc(N2CCN(c3cnc(N4CCOCC4)nc3)CC2)c1F. The van der Waals surface area contributed by atoms with E-state index in [1.807, 2.05) is 22.6 Å². The lowest BCUT2D eigenvalue weighted by molar-refractivity contribution is 0.122. The number of amides is 1. The molecule has 0 aliphatic carbocycles. The number of alkyl carbamates (subject to hydrolysis) is 1. The molecule has 2 aromatic rings.